The van der Waals surface area contributed by atoms with Crippen molar-refractivity contribution in [2.75, 3.05) is 0 Å². The summed E-state index contributed by atoms with van der Waals surface area (Å²) in [5.41, 5.74) is 3.06. The molecule has 0 aliphatic carbocycles. The fourth-order valence-corrected chi connectivity index (χ4v) is 3.13. The van der Waals surface area contributed by atoms with E-state index in [1.165, 1.54) is 12.1 Å². The van der Waals surface area contributed by atoms with Crippen LogP contribution in [0.25, 0.3) is 0 Å². The first-order chi connectivity index (χ1) is 13.0. The Labute approximate surface area is 164 Å². The highest BCUT2D eigenvalue weighted by molar-refractivity contribution is 6.30. The van der Waals surface area contributed by atoms with Gasteiger partial charge in [-0.3, -0.25) is 4.79 Å². The van der Waals surface area contributed by atoms with Crippen molar-refractivity contribution in [3.05, 3.63) is 95.6 Å². The van der Waals surface area contributed by atoms with E-state index >= 15 is 0 Å². The molecular formula is C22H22ClFN2O. The van der Waals surface area contributed by atoms with Gasteiger partial charge in [-0.05, 0) is 42.3 Å². The molecule has 0 unspecified atom stereocenters. The first kappa shape index (κ1) is 19.2. The zero-order chi connectivity index (χ0) is 19.2. The molecule has 1 heterocycles. The van der Waals surface area contributed by atoms with E-state index in [2.05, 4.69) is 4.57 Å². The minimum absolute atomic E-state index is 0.102. The van der Waals surface area contributed by atoms with Gasteiger partial charge in [0.1, 0.15) is 11.2 Å². The third-order valence-electron chi connectivity index (χ3n) is 4.41. The molecular weight excluding hydrogens is 363 g/mol. The molecule has 3 rings (SSSR count). The quantitative estimate of drug-likeness (QED) is 0.535. The number of hydrogen-bond donors (Lipinski definition) is 0. The fraction of sp³-hybridized carbons (Fsp3) is 0.227. The van der Waals surface area contributed by atoms with Crippen LogP contribution in [0.15, 0.2) is 72.9 Å². The van der Waals surface area contributed by atoms with E-state index in [-0.39, 0.29) is 11.7 Å². The molecule has 0 N–H and O–H groups in total. The topological polar surface area (TPSA) is 25.2 Å². The van der Waals surface area contributed by atoms with Crippen molar-refractivity contribution in [1.82, 2.24) is 9.47 Å². The second kappa shape index (κ2) is 8.87. The number of carbonyl (C=O) groups excluding carboxylic acids is 1. The molecule has 1 aromatic heterocycles. The maximum absolute atomic E-state index is 13.1. The van der Waals surface area contributed by atoms with Crippen LogP contribution in [0.2, 0.25) is 0 Å². The third-order valence-corrected chi connectivity index (χ3v) is 4.60. The monoisotopic (exact) mass is 384 g/mol. The molecule has 0 bridgehead atoms. The minimum Gasteiger partial charge on any atom is -0.345 e. The van der Waals surface area contributed by atoms with Crippen molar-refractivity contribution in [2.45, 2.75) is 31.9 Å². The molecule has 0 aliphatic rings. The van der Waals surface area contributed by atoms with Gasteiger partial charge in [0.25, 0.3) is 0 Å². The summed E-state index contributed by atoms with van der Waals surface area (Å²) in [6.07, 6.45) is 1.97. The second-order valence-electron chi connectivity index (χ2n) is 6.55. The number of halogens is 2. The Hall–Kier alpha value is -2.59. The van der Waals surface area contributed by atoms with Crippen LogP contribution in [-0.2, 0) is 24.4 Å². The summed E-state index contributed by atoms with van der Waals surface area (Å²) < 4.78 is 15.2. The Morgan fingerprint density at radius 2 is 1.70 bits per heavy atom. The van der Waals surface area contributed by atoms with E-state index < -0.39 is 5.38 Å². The number of amides is 1. The van der Waals surface area contributed by atoms with E-state index in [1.54, 1.807) is 24.0 Å². The average Bonchev–Trinajstić information content (AvgIpc) is 3.10. The molecule has 0 aliphatic heterocycles. The maximum Gasteiger partial charge on any atom is 0.240 e. The summed E-state index contributed by atoms with van der Waals surface area (Å²) in [4.78, 5) is 14.4. The van der Waals surface area contributed by atoms with E-state index in [9.17, 15) is 9.18 Å². The van der Waals surface area contributed by atoms with Gasteiger partial charge in [0.15, 0.2) is 0 Å². The van der Waals surface area contributed by atoms with Crippen LogP contribution in [0, 0.1) is 5.82 Å². The molecule has 5 heteroatoms. The Kier molecular flexibility index (Phi) is 6.30. The Morgan fingerprint density at radius 3 is 2.37 bits per heavy atom. The van der Waals surface area contributed by atoms with Crippen LogP contribution in [-0.4, -0.2) is 20.8 Å². The zero-order valence-electron chi connectivity index (χ0n) is 15.2. The number of benzene rings is 2. The van der Waals surface area contributed by atoms with Crippen LogP contribution in [0.1, 0.15) is 23.7 Å². The van der Waals surface area contributed by atoms with Crippen LogP contribution < -0.4 is 0 Å². The molecule has 1 amide bonds. The predicted octanol–water partition coefficient (Wildman–Crippen LogP) is 4.83. The van der Waals surface area contributed by atoms with Gasteiger partial charge in [-0.2, -0.15) is 0 Å². The lowest BCUT2D eigenvalue weighted by Crippen LogP contribution is -2.35. The highest BCUT2D eigenvalue weighted by Crippen LogP contribution is 2.16. The normalized spacial score (nSPS) is 12.0. The van der Waals surface area contributed by atoms with Crippen LogP contribution >= 0.6 is 11.6 Å². The highest BCUT2D eigenvalue weighted by atomic mass is 35.5. The molecule has 0 radical (unpaired) electrons. The molecule has 2 aromatic carbocycles. The summed E-state index contributed by atoms with van der Waals surface area (Å²) in [5.74, 6) is -0.350. The van der Waals surface area contributed by atoms with E-state index in [1.807, 2.05) is 48.7 Å². The van der Waals surface area contributed by atoms with Gasteiger partial charge in [-0.25, -0.2) is 4.39 Å². The van der Waals surface area contributed by atoms with E-state index in [0.29, 0.717) is 19.6 Å². The number of carbonyl (C=O) groups is 1. The molecule has 140 valence electrons. The lowest BCUT2D eigenvalue weighted by atomic mass is 10.2. The van der Waals surface area contributed by atoms with Gasteiger partial charge in [0.05, 0.1) is 6.54 Å². The predicted molar refractivity (Wildman–Crippen MR) is 106 cm³/mol. The number of hydrogen-bond acceptors (Lipinski definition) is 1. The fourth-order valence-electron chi connectivity index (χ4n) is 3.00. The summed E-state index contributed by atoms with van der Waals surface area (Å²) >= 11 is 6.08. The Bertz CT molecular complexity index is 875. The van der Waals surface area contributed by atoms with Crippen molar-refractivity contribution in [1.29, 1.82) is 0 Å². The molecule has 0 spiro atoms. The number of rotatable bonds is 7. The van der Waals surface area contributed by atoms with Gasteiger partial charge in [0.2, 0.25) is 5.91 Å². The van der Waals surface area contributed by atoms with Crippen LogP contribution in [0.3, 0.4) is 0 Å². The van der Waals surface area contributed by atoms with Gasteiger partial charge in [-0.15, -0.1) is 11.6 Å². The minimum atomic E-state index is -0.589. The average molecular weight is 385 g/mol. The van der Waals surface area contributed by atoms with Crippen molar-refractivity contribution < 1.29 is 9.18 Å². The van der Waals surface area contributed by atoms with E-state index in [0.717, 1.165) is 16.8 Å². The smallest absolute Gasteiger partial charge is 0.240 e. The van der Waals surface area contributed by atoms with Crippen LogP contribution in [0.4, 0.5) is 4.39 Å². The zero-order valence-corrected chi connectivity index (χ0v) is 15.9. The first-order valence-electron chi connectivity index (χ1n) is 8.88. The largest absolute Gasteiger partial charge is 0.345 e. The number of aromatic nitrogens is 1. The lowest BCUT2D eigenvalue weighted by Gasteiger charge is -2.25. The van der Waals surface area contributed by atoms with Gasteiger partial charge in [0, 0.05) is 25.0 Å². The molecule has 0 fully saturated rings. The summed E-state index contributed by atoms with van der Waals surface area (Å²) in [6, 6.07) is 20.3. The van der Waals surface area contributed by atoms with Gasteiger partial charge >= 0.3 is 0 Å². The molecule has 0 saturated heterocycles. The molecule has 27 heavy (non-hydrogen) atoms. The van der Waals surface area contributed by atoms with Crippen molar-refractivity contribution in [2.24, 2.45) is 0 Å². The van der Waals surface area contributed by atoms with Gasteiger partial charge < -0.3 is 9.47 Å². The maximum atomic E-state index is 13.1. The highest BCUT2D eigenvalue weighted by Gasteiger charge is 2.20. The number of nitrogens with zero attached hydrogens (tertiary/aromatic N) is 2. The molecule has 0 saturated carbocycles. The molecule has 3 aromatic rings. The second-order valence-corrected chi connectivity index (χ2v) is 7.20. The Balaban J connectivity index is 1.78. The molecule has 3 nitrogen and oxygen atoms in total. The van der Waals surface area contributed by atoms with Crippen molar-refractivity contribution in [3.63, 3.8) is 0 Å². The summed E-state index contributed by atoms with van der Waals surface area (Å²) in [5, 5.41) is -0.589. The van der Waals surface area contributed by atoms with Crippen molar-refractivity contribution >= 4 is 17.5 Å². The third kappa shape index (κ3) is 5.20. The Morgan fingerprint density at radius 1 is 1.00 bits per heavy atom. The summed E-state index contributed by atoms with van der Waals surface area (Å²) in [7, 11) is 0. The van der Waals surface area contributed by atoms with E-state index in [4.69, 9.17) is 11.6 Å². The van der Waals surface area contributed by atoms with Crippen molar-refractivity contribution in [3.8, 4) is 0 Å². The standard InChI is InChI=1S/C22H22ClFN2O/c1-17(23)22(27)26(15-18-6-3-2-4-7-18)16-21-8-5-13-25(21)14-19-9-11-20(24)12-10-19/h2-13,17H,14-16H2,1H3/t17-/m0/s1. The lowest BCUT2D eigenvalue weighted by molar-refractivity contribution is -0.131. The summed E-state index contributed by atoms with van der Waals surface area (Å²) in [6.45, 7) is 3.27. The first-order valence-corrected chi connectivity index (χ1v) is 9.32. The van der Waals surface area contributed by atoms with Gasteiger partial charge in [-0.1, -0.05) is 42.5 Å². The van der Waals surface area contributed by atoms with Crippen LogP contribution in [0.5, 0.6) is 0 Å². The molecule has 1 atom stereocenters. The number of alkyl halides is 1. The SMILES string of the molecule is C[C@H](Cl)C(=O)N(Cc1ccccc1)Cc1cccn1Cc1ccc(F)cc1.